The van der Waals surface area contributed by atoms with Crippen LogP contribution in [0, 0.1) is 5.92 Å². The van der Waals surface area contributed by atoms with Gasteiger partial charge in [-0.3, -0.25) is 0 Å². The lowest BCUT2D eigenvalue weighted by molar-refractivity contribution is 0.457. The normalized spacial score (nSPS) is 23.3. The van der Waals surface area contributed by atoms with E-state index in [1.54, 1.807) is 12.1 Å². The second-order valence-electron chi connectivity index (χ2n) is 4.71. The van der Waals surface area contributed by atoms with Gasteiger partial charge in [0.1, 0.15) is 0 Å². The number of rotatable bonds is 4. The van der Waals surface area contributed by atoms with Crippen LogP contribution in [-0.2, 0) is 9.84 Å². The van der Waals surface area contributed by atoms with Gasteiger partial charge in [0.25, 0.3) is 0 Å². The first-order valence-electron chi connectivity index (χ1n) is 6.08. The average molecular weight is 253 g/mol. The second-order valence-corrected chi connectivity index (χ2v) is 6.71. The molecule has 1 heterocycles. The molecule has 94 valence electrons. The maximum Gasteiger partial charge on any atom is 0.179 e. The van der Waals surface area contributed by atoms with E-state index in [0.717, 1.165) is 18.7 Å². The molecule has 0 saturated carbocycles. The Balaban J connectivity index is 2.29. The average Bonchev–Trinajstić information content (AvgIpc) is 2.59. The molecule has 4 heteroatoms. The van der Waals surface area contributed by atoms with Gasteiger partial charge in [-0.25, -0.2) is 8.42 Å². The molecule has 0 saturated heterocycles. The summed E-state index contributed by atoms with van der Waals surface area (Å²) in [7, 11) is -3.05. The third-order valence-corrected chi connectivity index (χ3v) is 5.30. The Morgan fingerprint density at radius 3 is 2.82 bits per heavy atom. The molecule has 0 bridgehead atoms. The zero-order chi connectivity index (χ0) is 12.5. The van der Waals surface area contributed by atoms with Crippen LogP contribution >= 0.6 is 0 Å². The summed E-state index contributed by atoms with van der Waals surface area (Å²) in [5, 5.41) is 3.29. The van der Waals surface area contributed by atoms with Crippen molar-refractivity contribution in [3.8, 4) is 0 Å². The van der Waals surface area contributed by atoms with Crippen molar-refractivity contribution in [2.24, 2.45) is 5.92 Å². The molecule has 2 unspecified atom stereocenters. The lowest BCUT2D eigenvalue weighted by Gasteiger charge is -2.19. The van der Waals surface area contributed by atoms with Crippen molar-refractivity contribution < 1.29 is 8.42 Å². The van der Waals surface area contributed by atoms with Gasteiger partial charge in [0, 0.05) is 5.92 Å². The predicted molar refractivity (Wildman–Crippen MR) is 68.9 cm³/mol. The van der Waals surface area contributed by atoms with E-state index >= 15 is 0 Å². The summed E-state index contributed by atoms with van der Waals surface area (Å²) in [5.74, 6) is 0.738. The van der Waals surface area contributed by atoms with E-state index in [9.17, 15) is 8.42 Å². The molecule has 1 aliphatic heterocycles. The highest BCUT2D eigenvalue weighted by Gasteiger charge is 2.36. The summed E-state index contributed by atoms with van der Waals surface area (Å²) < 4.78 is 24.0. The first-order valence-corrected chi connectivity index (χ1v) is 7.74. The maximum atomic E-state index is 12.0. The van der Waals surface area contributed by atoms with E-state index < -0.39 is 9.84 Å². The van der Waals surface area contributed by atoms with Crippen LogP contribution in [0.1, 0.15) is 25.3 Å². The highest BCUT2D eigenvalue weighted by molar-refractivity contribution is 7.91. The summed E-state index contributed by atoms with van der Waals surface area (Å²) in [6.07, 6.45) is 0. The fourth-order valence-electron chi connectivity index (χ4n) is 2.47. The Morgan fingerprint density at radius 2 is 2.12 bits per heavy atom. The standard InChI is InChI=1S/C13H19NO2S/c1-3-14-8-10(2)12-9-17(15,16)13-7-5-4-6-11(12)13/h4-7,10,12,14H,3,8-9H2,1-2H3. The van der Waals surface area contributed by atoms with Crippen LogP contribution < -0.4 is 5.32 Å². The largest absolute Gasteiger partial charge is 0.317 e. The van der Waals surface area contributed by atoms with Crippen molar-refractivity contribution in [1.82, 2.24) is 5.32 Å². The summed E-state index contributed by atoms with van der Waals surface area (Å²) in [4.78, 5) is 0.536. The molecule has 1 aromatic rings. The number of fused-ring (bicyclic) bond motifs is 1. The molecule has 1 aliphatic rings. The molecule has 0 aromatic heterocycles. The highest BCUT2D eigenvalue weighted by atomic mass is 32.2. The Hall–Kier alpha value is -0.870. The SMILES string of the molecule is CCNCC(C)C1CS(=O)(=O)c2ccccc21. The summed E-state index contributed by atoms with van der Waals surface area (Å²) in [5.41, 5.74) is 0.998. The number of hydrogen-bond acceptors (Lipinski definition) is 3. The summed E-state index contributed by atoms with van der Waals surface area (Å²) in [6, 6.07) is 7.40. The molecule has 0 spiro atoms. The Labute approximate surface area is 103 Å². The number of benzene rings is 1. The van der Waals surface area contributed by atoms with Crippen LogP contribution in [0.25, 0.3) is 0 Å². The zero-order valence-corrected chi connectivity index (χ0v) is 11.1. The number of sulfone groups is 1. The molecule has 0 fully saturated rings. The molecule has 0 radical (unpaired) electrons. The van der Waals surface area contributed by atoms with Crippen molar-refractivity contribution in [2.45, 2.75) is 24.7 Å². The van der Waals surface area contributed by atoms with Crippen molar-refractivity contribution in [1.29, 1.82) is 0 Å². The van der Waals surface area contributed by atoms with Crippen LogP contribution in [0.15, 0.2) is 29.2 Å². The van der Waals surface area contributed by atoms with Gasteiger partial charge in [-0.05, 0) is 30.6 Å². The van der Waals surface area contributed by atoms with E-state index in [-0.39, 0.29) is 11.7 Å². The third-order valence-electron chi connectivity index (χ3n) is 3.46. The fraction of sp³-hybridized carbons (Fsp3) is 0.538. The minimum Gasteiger partial charge on any atom is -0.317 e. The van der Waals surface area contributed by atoms with Crippen LogP contribution in [0.5, 0.6) is 0 Å². The molecular formula is C13H19NO2S. The van der Waals surface area contributed by atoms with Gasteiger partial charge in [0.15, 0.2) is 9.84 Å². The minimum absolute atomic E-state index is 0.134. The van der Waals surface area contributed by atoms with E-state index in [2.05, 4.69) is 19.2 Å². The first-order chi connectivity index (χ1) is 8.06. The van der Waals surface area contributed by atoms with Gasteiger partial charge in [-0.2, -0.15) is 0 Å². The maximum absolute atomic E-state index is 12.0. The molecular weight excluding hydrogens is 234 g/mol. The summed E-state index contributed by atoms with van der Waals surface area (Å²) in [6.45, 7) is 5.97. The van der Waals surface area contributed by atoms with E-state index in [4.69, 9.17) is 0 Å². The Kier molecular flexibility index (Phi) is 3.54. The number of hydrogen-bond donors (Lipinski definition) is 1. The van der Waals surface area contributed by atoms with Crippen LogP contribution in [0.3, 0.4) is 0 Å². The lowest BCUT2D eigenvalue weighted by atomic mass is 9.89. The van der Waals surface area contributed by atoms with Gasteiger partial charge < -0.3 is 5.32 Å². The second kappa shape index (κ2) is 4.78. The summed E-state index contributed by atoms with van der Waals surface area (Å²) >= 11 is 0. The molecule has 1 aromatic carbocycles. The van der Waals surface area contributed by atoms with Gasteiger partial charge in [-0.1, -0.05) is 32.0 Å². The molecule has 0 aliphatic carbocycles. The van der Waals surface area contributed by atoms with E-state index in [1.807, 2.05) is 12.1 Å². The van der Waals surface area contributed by atoms with Crippen molar-refractivity contribution >= 4 is 9.84 Å². The molecule has 1 N–H and O–H groups in total. The van der Waals surface area contributed by atoms with Crippen molar-refractivity contribution in [3.05, 3.63) is 29.8 Å². The smallest absolute Gasteiger partial charge is 0.179 e. The van der Waals surface area contributed by atoms with Gasteiger partial charge >= 0.3 is 0 Å². The van der Waals surface area contributed by atoms with Gasteiger partial charge in [0.05, 0.1) is 10.6 Å². The number of nitrogens with one attached hydrogen (secondary N) is 1. The predicted octanol–water partition coefficient (Wildman–Crippen LogP) is 1.80. The van der Waals surface area contributed by atoms with E-state index in [0.29, 0.717) is 10.8 Å². The van der Waals surface area contributed by atoms with Crippen LogP contribution in [0.4, 0.5) is 0 Å². The van der Waals surface area contributed by atoms with Gasteiger partial charge in [0.2, 0.25) is 0 Å². The third kappa shape index (κ3) is 2.38. The van der Waals surface area contributed by atoms with Gasteiger partial charge in [-0.15, -0.1) is 0 Å². The molecule has 2 atom stereocenters. The molecule has 17 heavy (non-hydrogen) atoms. The zero-order valence-electron chi connectivity index (χ0n) is 10.3. The highest BCUT2D eigenvalue weighted by Crippen LogP contribution is 2.38. The van der Waals surface area contributed by atoms with Crippen LogP contribution in [0.2, 0.25) is 0 Å². The van der Waals surface area contributed by atoms with E-state index in [1.165, 1.54) is 0 Å². The lowest BCUT2D eigenvalue weighted by Crippen LogP contribution is -2.26. The monoisotopic (exact) mass is 253 g/mol. The topological polar surface area (TPSA) is 46.2 Å². The molecule has 3 nitrogen and oxygen atoms in total. The molecule has 0 amide bonds. The van der Waals surface area contributed by atoms with Crippen LogP contribution in [-0.4, -0.2) is 27.3 Å². The quantitative estimate of drug-likeness (QED) is 0.890. The Morgan fingerprint density at radius 1 is 1.41 bits per heavy atom. The van der Waals surface area contributed by atoms with Crippen molar-refractivity contribution in [3.63, 3.8) is 0 Å². The van der Waals surface area contributed by atoms with Crippen molar-refractivity contribution in [2.75, 3.05) is 18.8 Å². The minimum atomic E-state index is -3.05. The Bertz CT molecular complexity index is 496. The fourth-order valence-corrected chi connectivity index (χ4v) is 4.50. The first kappa shape index (κ1) is 12.6. The molecule has 2 rings (SSSR count).